The first kappa shape index (κ1) is 9.53. The maximum absolute atomic E-state index is 5.79. The fraction of sp³-hybridized carbons (Fsp3) is 0.500. The van der Waals surface area contributed by atoms with Crippen LogP contribution in [0.3, 0.4) is 0 Å². The highest BCUT2D eigenvalue weighted by molar-refractivity contribution is 5.33. The normalized spacial score (nSPS) is 25.1. The second kappa shape index (κ2) is 3.62. The van der Waals surface area contributed by atoms with Gasteiger partial charge in [0.2, 0.25) is 0 Å². The zero-order valence-electron chi connectivity index (χ0n) is 8.73. The highest BCUT2D eigenvalue weighted by Crippen LogP contribution is 2.39. The first-order chi connectivity index (χ1) is 6.66. The third-order valence-corrected chi connectivity index (χ3v) is 2.52. The molecular weight excluding hydrogens is 174 g/mol. The average Bonchev–Trinajstić information content (AvgIpc) is 2.83. The van der Waals surface area contributed by atoms with Crippen LogP contribution in [-0.2, 0) is 0 Å². The van der Waals surface area contributed by atoms with Gasteiger partial charge in [-0.05, 0) is 38.0 Å². The second-order valence-corrected chi connectivity index (χ2v) is 4.24. The van der Waals surface area contributed by atoms with Crippen LogP contribution in [-0.4, -0.2) is 12.1 Å². The molecular formula is C12H17NO. The molecule has 0 heterocycles. The van der Waals surface area contributed by atoms with E-state index in [1.165, 1.54) is 5.56 Å². The van der Waals surface area contributed by atoms with E-state index in [-0.39, 0.29) is 6.10 Å². The van der Waals surface area contributed by atoms with Gasteiger partial charge in [0.05, 0.1) is 6.10 Å². The predicted molar refractivity (Wildman–Crippen MR) is 57.5 cm³/mol. The predicted octanol–water partition coefficient (Wildman–Crippen LogP) is 2.29. The molecule has 2 nitrogen and oxygen atoms in total. The SMILES string of the molecule is CC(C)Oc1ccc(C2CC2N)cc1. The maximum Gasteiger partial charge on any atom is 0.119 e. The minimum Gasteiger partial charge on any atom is -0.491 e. The van der Waals surface area contributed by atoms with E-state index < -0.39 is 0 Å². The highest BCUT2D eigenvalue weighted by Gasteiger charge is 2.34. The fourth-order valence-electron chi connectivity index (χ4n) is 1.66. The lowest BCUT2D eigenvalue weighted by Gasteiger charge is -2.09. The van der Waals surface area contributed by atoms with Gasteiger partial charge >= 0.3 is 0 Å². The molecule has 76 valence electrons. The molecule has 0 aromatic heterocycles. The van der Waals surface area contributed by atoms with E-state index in [4.69, 9.17) is 10.5 Å². The van der Waals surface area contributed by atoms with E-state index >= 15 is 0 Å². The zero-order chi connectivity index (χ0) is 10.1. The van der Waals surface area contributed by atoms with E-state index in [0.717, 1.165) is 12.2 Å². The van der Waals surface area contributed by atoms with Gasteiger partial charge in [-0.25, -0.2) is 0 Å². The Bertz CT molecular complexity index is 305. The van der Waals surface area contributed by atoms with Crippen molar-refractivity contribution in [2.24, 2.45) is 5.73 Å². The Labute approximate surface area is 85.1 Å². The van der Waals surface area contributed by atoms with Crippen molar-refractivity contribution in [2.45, 2.75) is 38.3 Å². The fourth-order valence-corrected chi connectivity index (χ4v) is 1.66. The topological polar surface area (TPSA) is 35.2 Å². The molecule has 0 bridgehead atoms. The average molecular weight is 191 g/mol. The molecule has 0 radical (unpaired) electrons. The number of hydrogen-bond donors (Lipinski definition) is 1. The quantitative estimate of drug-likeness (QED) is 0.795. The van der Waals surface area contributed by atoms with Crippen LogP contribution in [0.1, 0.15) is 31.7 Å². The lowest BCUT2D eigenvalue weighted by Crippen LogP contribution is -2.05. The molecule has 0 saturated heterocycles. The summed E-state index contributed by atoms with van der Waals surface area (Å²) in [5, 5.41) is 0. The molecule has 0 aliphatic heterocycles. The molecule has 2 heteroatoms. The monoisotopic (exact) mass is 191 g/mol. The van der Waals surface area contributed by atoms with Crippen LogP contribution in [0.4, 0.5) is 0 Å². The van der Waals surface area contributed by atoms with Crippen LogP contribution in [0.15, 0.2) is 24.3 Å². The van der Waals surface area contributed by atoms with Crippen LogP contribution in [0.2, 0.25) is 0 Å². The van der Waals surface area contributed by atoms with Gasteiger partial charge in [0.25, 0.3) is 0 Å². The zero-order valence-corrected chi connectivity index (χ0v) is 8.73. The third kappa shape index (κ3) is 2.07. The van der Waals surface area contributed by atoms with Crippen molar-refractivity contribution in [3.63, 3.8) is 0 Å². The van der Waals surface area contributed by atoms with E-state index in [2.05, 4.69) is 12.1 Å². The lowest BCUT2D eigenvalue weighted by molar-refractivity contribution is 0.242. The number of benzene rings is 1. The molecule has 0 spiro atoms. The number of ether oxygens (including phenoxy) is 1. The Kier molecular flexibility index (Phi) is 2.46. The summed E-state index contributed by atoms with van der Waals surface area (Å²) in [4.78, 5) is 0. The van der Waals surface area contributed by atoms with Crippen molar-refractivity contribution in [2.75, 3.05) is 0 Å². The van der Waals surface area contributed by atoms with Gasteiger partial charge in [-0.3, -0.25) is 0 Å². The largest absolute Gasteiger partial charge is 0.491 e. The standard InChI is InChI=1S/C12H17NO/c1-8(2)14-10-5-3-9(4-6-10)11-7-12(11)13/h3-6,8,11-12H,7,13H2,1-2H3. The van der Waals surface area contributed by atoms with E-state index in [9.17, 15) is 0 Å². The second-order valence-electron chi connectivity index (χ2n) is 4.24. The lowest BCUT2D eigenvalue weighted by atomic mass is 10.1. The Morgan fingerprint density at radius 3 is 2.29 bits per heavy atom. The summed E-state index contributed by atoms with van der Waals surface area (Å²) in [6, 6.07) is 8.68. The molecule has 1 saturated carbocycles. The summed E-state index contributed by atoms with van der Waals surface area (Å²) >= 11 is 0. The van der Waals surface area contributed by atoms with Crippen molar-refractivity contribution >= 4 is 0 Å². The van der Waals surface area contributed by atoms with Crippen LogP contribution >= 0.6 is 0 Å². The Hall–Kier alpha value is -1.02. The van der Waals surface area contributed by atoms with Crippen molar-refractivity contribution in [3.05, 3.63) is 29.8 Å². The van der Waals surface area contributed by atoms with Crippen LogP contribution in [0.25, 0.3) is 0 Å². The molecule has 0 amide bonds. The number of rotatable bonds is 3. The van der Waals surface area contributed by atoms with E-state index in [1.807, 2.05) is 26.0 Å². The van der Waals surface area contributed by atoms with Crippen LogP contribution in [0.5, 0.6) is 5.75 Å². The molecule has 2 unspecified atom stereocenters. The van der Waals surface area contributed by atoms with Gasteiger partial charge in [0.1, 0.15) is 5.75 Å². The summed E-state index contributed by atoms with van der Waals surface area (Å²) < 4.78 is 5.56. The summed E-state index contributed by atoms with van der Waals surface area (Å²) in [5.41, 5.74) is 7.13. The first-order valence-electron chi connectivity index (χ1n) is 5.19. The molecule has 1 aromatic rings. The van der Waals surface area contributed by atoms with Crippen LogP contribution < -0.4 is 10.5 Å². The molecule has 2 atom stereocenters. The first-order valence-corrected chi connectivity index (χ1v) is 5.19. The van der Waals surface area contributed by atoms with Gasteiger partial charge in [0, 0.05) is 12.0 Å². The van der Waals surface area contributed by atoms with Crippen molar-refractivity contribution in [1.82, 2.24) is 0 Å². The molecule has 14 heavy (non-hydrogen) atoms. The number of nitrogens with two attached hydrogens (primary N) is 1. The smallest absolute Gasteiger partial charge is 0.119 e. The summed E-state index contributed by atoms with van der Waals surface area (Å²) in [6.45, 7) is 4.06. The van der Waals surface area contributed by atoms with Gasteiger partial charge in [-0.2, -0.15) is 0 Å². The van der Waals surface area contributed by atoms with Gasteiger partial charge in [0.15, 0.2) is 0 Å². The summed E-state index contributed by atoms with van der Waals surface area (Å²) in [6.07, 6.45) is 1.37. The summed E-state index contributed by atoms with van der Waals surface area (Å²) in [7, 11) is 0. The highest BCUT2D eigenvalue weighted by atomic mass is 16.5. The van der Waals surface area contributed by atoms with Crippen molar-refractivity contribution in [3.8, 4) is 5.75 Å². The molecule has 1 aliphatic rings. The molecule has 1 aliphatic carbocycles. The number of hydrogen-bond acceptors (Lipinski definition) is 2. The van der Waals surface area contributed by atoms with Crippen molar-refractivity contribution in [1.29, 1.82) is 0 Å². The Morgan fingerprint density at radius 2 is 1.86 bits per heavy atom. The molecule has 1 fully saturated rings. The van der Waals surface area contributed by atoms with Crippen molar-refractivity contribution < 1.29 is 4.74 Å². The van der Waals surface area contributed by atoms with E-state index in [0.29, 0.717) is 12.0 Å². The molecule has 1 aromatic carbocycles. The van der Waals surface area contributed by atoms with Gasteiger partial charge < -0.3 is 10.5 Å². The third-order valence-electron chi connectivity index (χ3n) is 2.52. The molecule has 2 N–H and O–H groups in total. The maximum atomic E-state index is 5.79. The Balaban J connectivity index is 2.03. The van der Waals surface area contributed by atoms with Gasteiger partial charge in [-0.15, -0.1) is 0 Å². The van der Waals surface area contributed by atoms with E-state index in [1.54, 1.807) is 0 Å². The van der Waals surface area contributed by atoms with Crippen LogP contribution in [0, 0.1) is 0 Å². The Morgan fingerprint density at radius 1 is 1.29 bits per heavy atom. The van der Waals surface area contributed by atoms with Gasteiger partial charge in [-0.1, -0.05) is 12.1 Å². The molecule has 2 rings (SSSR count). The summed E-state index contributed by atoms with van der Waals surface area (Å²) in [5.74, 6) is 1.53. The minimum absolute atomic E-state index is 0.240. The minimum atomic E-state index is 0.240.